The first-order chi connectivity index (χ1) is 13.5. The Hall–Kier alpha value is -1.96. The maximum atomic E-state index is 15.4. The third-order valence-electron chi connectivity index (χ3n) is 7.13. The summed E-state index contributed by atoms with van der Waals surface area (Å²) in [5.74, 6) is -0.415. The van der Waals surface area contributed by atoms with Crippen LogP contribution in [0.5, 0.6) is 0 Å². The van der Waals surface area contributed by atoms with Crippen molar-refractivity contribution in [2.24, 2.45) is 29.1 Å². The standard InChI is InChI=1S/C20H25F2N4O2/c21-12-7-23-19(24-8-12)25-15(27)9-26-10-20(5-6-20)16-14(18(26)28)4-3-13(17(16)22)11-1-2-11/h7-9,11,13-17,27H,1-6,10H2,(H,23,24,25)/q+1. The fourth-order valence-corrected chi connectivity index (χ4v) is 5.50. The Labute approximate surface area is 162 Å². The highest BCUT2D eigenvalue weighted by Gasteiger charge is 2.67. The van der Waals surface area contributed by atoms with Crippen molar-refractivity contribution < 1.29 is 23.3 Å². The van der Waals surface area contributed by atoms with Crippen LogP contribution in [-0.4, -0.2) is 50.7 Å². The van der Waals surface area contributed by atoms with Crippen molar-refractivity contribution in [1.29, 1.82) is 0 Å². The number of piperidine rings is 1. The molecular weight excluding hydrogens is 366 g/mol. The van der Waals surface area contributed by atoms with E-state index in [0.717, 1.165) is 50.9 Å². The minimum atomic E-state index is -1.19. The lowest BCUT2D eigenvalue weighted by molar-refractivity contribution is -0.480. The largest absolute Gasteiger partial charge is 0.390 e. The van der Waals surface area contributed by atoms with Crippen LogP contribution in [0.3, 0.4) is 0 Å². The number of anilines is 1. The summed E-state index contributed by atoms with van der Waals surface area (Å²) in [7, 11) is 0. The van der Waals surface area contributed by atoms with E-state index in [1.54, 1.807) is 4.58 Å². The molecule has 5 rings (SSSR count). The van der Waals surface area contributed by atoms with Crippen molar-refractivity contribution in [1.82, 2.24) is 9.97 Å². The molecule has 6 nitrogen and oxygen atoms in total. The first kappa shape index (κ1) is 18.1. The number of hydrogen-bond acceptors (Lipinski definition) is 5. The summed E-state index contributed by atoms with van der Waals surface area (Å²) in [6, 6.07) is 0. The van der Waals surface area contributed by atoms with Crippen molar-refractivity contribution in [3.8, 4) is 0 Å². The van der Waals surface area contributed by atoms with E-state index in [0.29, 0.717) is 12.5 Å². The number of aliphatic hydroxyl groups is 1. The van der Waals surface area contributed by atoms with Crippen molar-refractivity contribution in [2.45, 2.75) is 50.9 Å². The number of nitrogens with one attached hydrogen (secondary N) is 1. The third-order valence-corrected chi connectivity index (χ3v) is 7.13. The van der Waals surface area contributed by atoms with Crippen LogP contribution in [0.4, 0.5) is 14.7 Å². The van der Waals surface area contributed by atoms with Gasteiger partial charge in [0.15, 0.2) is 18.6 Å². The fourth-order valence-electron chi connectivity index (χ4n) is 5.50. The average Bonchev–Trinajstić information content (AvgIpc) is 3.57. The highest BCUT2D eigenvalue weighted by atomic mass is 19.1. The molecule has 28 heavy (non-hydrogen) atoms. The zero-order valence-corrected chi connectivity index (χ0v) is 15.6. The predicted molar refractivity (Wildman–Crippen MR) is 96.8 cm³/mol. The normalized spacial score (nSPS) is 36.2. The molecule has 3 aliphatic carbocycles. The molecule has 3 saturated carbocycles. The van der Waals surface area contributed by atoms with Gasteiger partial charge in [-0.2, -0.15) is 4.58 Å². The molecule has 1 aromatic heterocycles. The summed E-state index contributed by atoms with van der Waals surface area (Å²) < 4.78 is 29.9. The molecule has 1 aromatic rings. The van der Waals surface area contributed by atoms with Gasteiger partial charge in [0.1, 0.15) is 6.17 Å². The Morgan fingerprint density at radius 1 is 1.25 bits per heavy atom. The molecule has 0 radical (unpaired) electrons. The lowest BCUT2D eigenvalue weighted by atomic mass is 9.62. The molecule has 4 aliphatic rings. The van der Waals surface area contributed by atoms with Crippen LogP contribution < -0.4 is 5.32 Å². The lowest BCUT2D eigenvalue weighted by Gasteiger charge is -2.43. The molecule has 1 saturated heterocycles. The first-order valence-electron chi connectivity index (χ1n) is 10.2. The highest BCUT2D eigenvalue weighted by Crippen LogP contribution is 2.63. The summed E-state index contributed by atoms with van der Waals surface area (Å²) >= 11 is 0. The SMILES string of the molecule is O=C1C2CCC(C3CC3)C(F)C2C2(CC2)C[N+]1=CC(O)Nc1ncc(F)cn1. The maximum absolute atomic E-state index is 15.4. The Kier molecular flexibility index (Phi) is 4.23. The second-order valence-electron chi connectivity index (χ2n) is 8.95. The number of alkyl halides is 1. The van der Waals surface area contributed by atoms with Crippen molar-refractivity contribution in [3.63, 3.8) is 0 Å². The molecule has 1 amide bonds. The number of amides is 1. The average molecular weight is 391 g/mol. The van der Waals surface area contributed by atoms with Gasteiger partial charge in [0.05, 0.1) is 18.3 Å². The highest BCUT2D eigenvalue weighted by molar-refractivity contribution is 5.78. The van der Waals surface area contributed by atoms with E-state index in [1.165, 1.54) is 6.21 Å². The molecule has 4 fully saturated rings. The van der Waals surface area contributed by atoms with Gasteiger partial charge in [-0.05, 0) is 50.4 Å². The summed E-state index contributed by atoms with van der Waals surface area (Å²) in [5.41, 5.74) is -0.145. The molecule has 2 heterocycles. The van der Waals surface area contributed by atoms with E-state index in [-0.39, 0.29) is 35.0 Å². The minimum Gasteiger partial charge on any atom is -0.365 e. The zero-order chi connectivity index (χ0) is 19.5. The van der Waals surface area contributed by atoms with Gasteiger partial charge in [-0.15, -0.1) is 0 Å². The van der Waals surface area contributed by atoms with Crippen LogP contribution in [0.1, 0.15) is 38.5 Å². The van der Waals surface area contributed by atoms with Gasteiger partial charge in [-0.25, -0.2) is 23.5 Å². The fraction of sp³-hybridized carbons (Fsp3) is 0.700. The third kappa shape index (κ3) is 3.11. The number of carbonyl (C=O) groups is 1. The van der Waals surface area contributed by atoms with Gasteiger partial charge in [0, 0.05) is 11.3 Å². The van der Waals surface area contributed by atoms with E-state index >= 15 is 4.39 Å². The molecule has 8 heteroatoms. The topological polar surface area (TPSA) is 78.1 Å². The Morgan fingerprint density at radius 3 is 2.61 bits per heavy atom. The number of aliphatic hydroxyl groups excluding tert-OH is 1. The summed E-state index contributed by atoms with van der Waals surface area (Å²) in [6.07, 6.45) is 7.01. The zero-order valence-electron chi connectivity index (χ0n) is 15.6. The Bertz CT molecular complexity index is 807. The molecule has 0 bridgehead atoms. The van der Waals surface area contributed by atoms with E-state index in [4.69, 9.17) is 0 Å². The van der Waals surface area contributed by atoms with Gasteiger partial charge in [0.25, 0.3) is 0 Å². The van der Waals surface area contributed by atoms with Gasteiger partial charge in [-0.1, -0.05) is 0 Å². The van der Waals surface area contributed by atoms with Gasteiger partial charge in [-0.3, -0.25) is 0 Å². The Morgan fingerprint density at radius 2 is 1.96 bits per heavy atom. The molecular formula is C20H25F2N4O2+. The number of halogens is 2. The molecule has 1 aliphatic heterocycles. The number of aromatic nitrogens is 2. The second kappa shape index (κ2) is 6.54. The van der Waals surface area contributed by atoms with Crippen LogP contribution in [0, 0.1) is 34.9 Å². The van der Waals surface area contributed by atoms with Gasteiger partial charge < -0.3 is 10.4 Å². The van der Waals surface area contributed by atoms with Crippen molar-refractivity contribution in [3.05, 3.63) is 18.2 Å². The van der Waals surface area contributed by atoms with Crippen LogP contribution in [-0.2, 0) is 4.79 Å². The number of rotatable bonds is 4. The maximum Gasteiger partial charge on any atom is 0.390 e. The van der Waals surface area contributed by atoms with E-state index in [9.17, 15) is 14.3 Å². The van der Waals surface area contributed by atoms with E-state index in [2.05, 4.69) is 15.3 Å². The number of carbonyl (C=O) groups excluding carboxylic acids is 1. The molecule has 1 spiro atoms. The van der Waals surface area contributed by atoms with Gasteiger partial charge >= 0.3 is 5.91 Å². The van der Waals surface area contributed by atoms with Crippen LogP contribution >= 0.6 is 0 Å². The van der Waals surface area contributed by atoms with Crippen LogP contribution in [0.25, 0.3) is 0 Å². The minimum absolute atomic E-state index is 0.0717. The van der Waals surface area contributed by atoms with Crippen molar-refractivity contribution in [2.75, 3.05) is 11.9 Å². The van der Waals surface area contributed by atoms with Crippen LogP contribution in [0.15, 0.2) is 12.4 Å². The number of hydrogen-bond donors (Lipinski definition) is 2. The van der Waals surface area contributed by atoms with Crippen molar-refractivity contribution >= 4 is 18.1 Å². The summed E-state index contributed by atoms with van der Waals surface area (Å²) in [6.45, 7) is 0.452. The number of fused-ring (bicyclic) bond motifs is 2. The monoisotopic (exact) mass is 391 g/mol. The smallest absolute Gasteiger partial charge is 0.365 e. The number of nitrogens with zero attached hydrogens (tertiary/aromatic N) is 3. The van der Waals surface area contributed by atoms with Gasteiger partial charge in [0.2, 0.25) is 12.2 Å². The first-order valence-corrected chi connectivity index (χ1v) is 10.2. The van der Waals surface area contributed by atoms with E-state index < -0.39 is 18.2 Å². The van der Waals surface area contributed by atoms with Crippen LogP contribution in [0.2, 0.25) is 0 Å². The molecule has 0 aromatic carbocycles. The molecule has 5 atom stereocenters. The molecule has 5 unspecified atom stereocenters. The summed E-state index contributed by atoms with van der Waals surface area (Å²) in [5, 5.41) is 12.9. The predicted octanol–water partition coefficient (Wildman–Crippen LogP) is 2.14. The Balaban J connectivity index is 1.34. The summed E-state index contributed by atoms with van der Waals surface area (Å²) in [4.78, 5) is 20.5. The lowest BCUT2D eigenvalue weighted by Crippen LogP contribution is -2.55. The second-order valence-corrected chi connectivity index (χ2v) is 8.95. The molecule has 2 N–H and O–H groups in total. The quantitative estimate of drug-likeness (QED) is 0.607. The van der Waals surface area contributed by atoms with E-state index in [1.807, 2.05) is 0 Å². The molecule has 150 valence electrons.